The van der Waals surface area contributed by atoms with E-state index in [0.717, 1.165) is 4.88 Å². The number of carbonyl (C=O) groups excluding carboxylic acids is 1. The first kappa shape index (κ1) is 15.2. The highest BCUT2D eigenvalue weighted by molar-refractivity contribution is 7.10. The summed E-state index contributed by atoms with van der Waals surface area (Å²) in [5, 5.41) is 8.15. The smallest absolute Gasteiger partial charge is 0.364 e. The number of halogens is 4. The van der Waals surface area contributed by atoms with Gasteiger partial charge < -0.3 is 11.1 Å². The SMILES string of the molecule is NC(=O)c1nn2c(c1Cl)N[C@H](c1cccs1)C[C@@H]2C(F)(F)F. The highest BCUT2D eigenvalue weighted by Crippen LogP contribution is 2.46. The quantitative estimate of drug-likeness (QED) is 0.872. The summed E-state index contributed by atoms with van der Waals surface area (Å²) < 4.78 is 40.7. The van der Waals surface area contributed by atoms with Gasteiger partial charge in [0.2, 0.25) is 0 Å². The Balaban J connectivity index is 2.10. The van der Waals surface area contributed by atoms with Crippen LogP contribution in [0.5, 0.6) is 0 Å². The minimum atomic E-state index is -4.52. The van der Waals surface area contributed by atoms with E-state index in [1.807, 2.05) is 0 Å². The first-order valence-corrected chi connectivity index (χ1v) is 7.49. The number of nitrogens with one attached hydrogen (secondary N) is 1. The predicted molar refractivity (Wildman–Crippen MR) is 76.1 cm³/mol. The second-order valence-corrected chi connectivity index (χ2v) is 6.18. The Morgan fingerprint density at radius 1 is 1.55 bits per heavy atom. The summed E-state index contributed by atoms with van der Waals surface area (Å²) in [7, 11) is 0. The average molecular weight is 351 g/mol. The van der Waals surface area contributed by atoms with E-state index in [0.29, 0.717) is 4.68 Å². The summed E-state index contributed by atoms with van der Waals surface area (Å²) in [6.45, 7) is 0. The molecule has 3 rings (SSSR count). The second kappa shape index (κ2) is 5.17. The highest BCUT2D eigenvalue weighted by atomic mass is 35.5. The molecule has 0 radical (unpaired) electrons. The van der Waals surface area contributed by atoms with Gasteiger partial charge in [0.05, 0.1) is 6.04 Å². The van der Waals surface area contributed by atoms with Crippen LogP contribution in [0.1, 0.15) is 33.9 Å². The van der Waals surface area contributed by atoms with Gasteiger partial charge in [0.15, 0.2) is 11.7 Å². The van der Waals surface area contributed by atoms with Crippen LogP contribution in [0.4, 0.5) is 19.0 Å². The number of hydrogen-bond acceptors (Lipinski definition) is 4. The van der Waals surface area contributed by atoms with Crippen LogP contribution in [-0.4, -0.2) is 21.9 Å². The van der Waals surface area contributed by atoms with E-state index in [1.54, 1.807) is 17.5 Å². The van der Waals surface area contributed by atoms with Crippen molar-refractivity contribution in [3.05, 3.63) is 33.1 Å². The van der Waals surface area contributed by atoms with Crippen molar-refractivity contribution in [2.45, 2.75) is 24.7 Å². The monoisotopic (exact) mass is 350 g/mol. The molecule has 3 N–H and O–H groups in total. The standard InChI is InChI=1S/C12H10ClF3N4OS/c13-8-9(10(17)21)19-20-7(12(14,15)16)4-5(18-11(8)20)6-2-1-3-22-6/h1-3,5,7,18H,4H2,(H2,17,21)/t5-,7+/m0/s1. The number of rotatable bonds is 2. The lowest BCUT2D eigenvalue weighted by Gasteiger charge is -2.32. The number of anilines is 1. The Kier molecular flexibility index (Phi) is 3.56. The molecule has 0 fully saturated rings. The van der Waals surface area contributed by atoms with E-state index in [-0.39, 0.29) is 23.0 Å². The third-order valence-electron chi connectivity index (χ3n) is 3.42. The van der Waals surface area contributed by atoms with Crippen molar-refractivity contribution in [1.82, 2.24) is 9.78 Å². The number of nitrogens with two attached hydrogens (primary N) is 1. The molecular weight excluding hydrogens is 341 g/mol. The first-order valence-electron chi connectivity index (χ1n) is 6.23. The van der Waals surface area contributed by atoms with E-state index >= 15 is 0 Å². The maximum absolute atomic E-state index is 13.3. The zero-order valence-corrected chi connectivity index (χ0v) is 12.5. The number of carbonyl (C=O) groups is 1. The number of alkyl halides is 3. The second-order valence-electron chi connectivity index (χ2n) is 4.83. The van der Waals surface area contributed by atoms with Crippen LogP contribution in [0.15, 0.2) is 17.5 Å². The lowest BCUT2D eigenvalue weighted by molar-refractivity contribution is -0.173. The maximum Gasteiger partial charge on any atom is 0.410 e. The Morgan fingerprint density at radius 2 is 2.27 bits per heavy atom. The van der Waals surface area contributed by atoms with Gasteiger partial charge >= 0.3 is 6.18 Å². The molecule has 2 aromatic heterocycles. The summed E-state index contributed by atoms with van der Waals surface area (Å²) in [4.78, 5) is 12.0. The fourth-order valence-electron chi connectivity index (χ4n) is 2.42. The van der Waals surface area contributed by atoms with Crippen molar-refractivity contribution in [3.8, 4) is 0 Å². The van der Waals surface area contributed by atoms with Crippen LogP contribution in [0, 0.1) is 0 Å². The molecule has 1 aliphatic rings. The Morgan fingerprint density at radius 3 is 2.82 bits per heavy atom. The van der Waals surface area contributed by atoms with E-state index in [2.05, 4.69) is 10.4 Å². The molecule has 5 nitrogen and oxygen atoms in total. The molecule has 0 spiro atoms. The van der Waals surface area contributed by atoms with E-state index in [1.165, 1.54) is 11.3 Å². The number of aromatic nitrogens is 2. The van der Waals surface area contributed by atoms with Gasteiger partial charge in [-0.05, 0) is 11.4 Å². The fourth-order valence-corrected chi connectivity index (χ4v) is 3.49. The van der Waals surface area contributed by atoms with Crippen molar-refractivity contribution in [2.75, 3.05) is 5.32 Å². The van der Waals surface area contributed by atoms with Gasteiger partial charge in [-0.15, -0.1) is 11.3 Å². The van der Waals surface area contributed by atoms with E-state index in [9.17, 15) is 18.0 Å². The van der Waals surface area contributed by atoms with Gasteiger partial charge in [-0.2, -0.15) is 18.3 Å². The largest absolute Gasteiger partial charge is 0.410 e. The number of amides is 1. The van der Waals surface area contributed by atoms with Crippen molar-refractivity contribution >= 4 is 34.7 Å². The number of thiophene rings is 1. The molecule has 3 heterocycles. The summed E-state index contributed by atoms with van der Waals surface area (Å²) in [5.41, 5.74) is 4.73. The fraction of sp³-hybridized carbons (Fsp3) is 0.333. The zero-order chi connectivity index (χ0) is 16.1. The molecule has 0 aliphatic carbocycles. The topological polar surface area (TPSA) is 72.9 Å². The molecule has 10 heteroatoms. The summed E-state index contributed by atoms with van der Waals surface area (Å²) in [5.74, 6) is -1.01. The number of primary amides is 1. The molecule has 1 amide bonds. The minimum Gasteiger partial charge on any atom is -0.364 e. The molecule has 0 bridgehead atoms. The van der Waals surface area contributed by atoms with Gasteiger partial charge in [-0.1, -0.05) is 17.7 Å². The molecule has 118 valence electrons. The molecular formula is C12H10ClF3N4OS. The lowest BCUT2D eigenvalue weighted by atomic mass is 10.0. The molecule has 22 heavy (non-hydrogen) atoms. The van der Waals surface area contributed by atoms with E-state index in [4.69, 9.17) is 17.3 Å². The molecule has 1 aliphatic heterocycles. The molecule has 0 aromatic carbocycles. The summed E-state index contributed by atoms with van der Waals surface area (Å²) in [6.07, 6.45) is -4.76. The van der Waals surface area contributed by atoms with Gasteiger partial charge in [-0.3, -0.25) is 4.79 Å². The van der Waals surface area contributed by atoms with Gasteiger partial charge in [0.1, 0.15) is 10.8 Å². The lowest BCUT2D eigenvalue weighted by Crippen LogP contribution is -2.35. The number of nitrogens with zero attached hydrogens (tertiary/aromatic N) is 2. The minimum absolute atomic E-state index is 0.0394. The van der Waals surface area contributed by atoms with Crippen molar-refractivity contribution in [1.29, 1.82) is 0 Å². The van der Waals surface area contributed by atoms with Crippen LogP contribution in [-0.2, 0) is 0 Å². The van der Waals surface area contributed by atoms with Crippen LogP contribution in [0.25, 0.3) is 0 Å². The van der Waals surface area contributed by atoms with Crippen LogP contribution < -0.4 is 11.1 Å². The third-order valence-corrected chi connectivity index (χ3v) is 4.76. The third kappa shape index (κ3) is 2.44. The van der Waals surface area contributed by atoms with E-state index < -0.39 is 24.2 Å². The van der Waals surface area contributed by atoms with Crippen molar-refractivity contribution in [2.24, 2.45) is 5.73 Å². The average Bonchev–Trinajstić information content (AvgIpc) is 3.05. The summed E-state index contributed by atoms with van der Waals surface area (Å²) >= 11 is 7.31. The number of hydrogen-bond donors (Lipinski definition) is 2. The van der Waals surface area contributed by atoms with Gasteiger partial charge in [-0.25, -0.2) is 4.68 Å². The van der Waals surface area contributed by atoms with Crippen LogP contribution >= 0.6 is 22.9 Å². The van der Waals surface area contributed by atoms with Gasteiger partial charge in [0, 0.05) is 11.3 Å². The normalized spacial score (nSPS) is 21.3. The van der Waals surface area contributed by atoms with Crippen molar-refractivity contribution in [3.63, 3.8) is 0 Å². The molecule has 2 aromatic rings. The molecule has 2 atom stereocenters. The molecule has 0 unspecified atom stereocenters. The van der Waals surface area contributed by atoms with Crippen molar-refractivity contribution < 1.29 is 18.0 Å². The van der Waals surface area contributed by atoms with Crippen LogP contribution in [0.3, 0.4) is 0 Å². The number of fused-ring (bicyclic) bond motifs is 1. The Labute approximate surface area is 131 Å². The predicted octanol–water partition coefficient (Wildman–Crippen LogP) is 3.36. The first-order chi connectivity index (χ1) is 10.3. The molecule has 0 saturated carbocycles. The highest BCUT2D eigenvalue weighted by Gasteiger charge is 2.47. The Hall–Kier alpha value is -1.74. The molecule has 0 saturated heterocycles. The van der Waals surface area contributed by atoms with Gasteiger partial charge in [0.25, 0.3) is 5.91 Å². The maximum atomic E-state index is 13.3. The Bertz CT molecular complexity index is 713. The summed E-state index contributed by atoms with van der Waals surface area (Å²) in [6, 6.07) is 1.06. The van der Waals surface area contributed by atoms with Crippen LogP contribution in [0.2, 0.25) is 5.02 Å². The zero-order valence-electron chi connectivity index (χ0n) is 10.9.